The highest BCUT2D eigenvalue weighted by atomic mass is 16.5. The van der Waals surface area contributed by atoms with E-state index in [9.17, 15) is 4.79 Å². The zero-order valence-electron chi connectivity index (χ0n) is 11.2. The van der Waals surface area contributed by atoms with Crippen molar-refractivity contribution in [3.05, 3.63) is 23.8 Å². The van der Waals surface area contributed by atoms with Gasteiger partial charge in [0.25, 0.3) is 0 Å². The van der Waals surface area contributed by atoms with E-state index in [1.807, 2.05) is 0 Å². The molecule has 3 N–H and O–H groups in total. The highest BCUT2D eigenvalue weighted by Crippen LogP contribution is 2.26. The van der Waals surface area contributed by atoms with E-state index in [1.54, 1.807) is 32.0 Å². The van der Waals surface area contributed by atoms with Crippen molar-refractivity contribution < 1.29 is 19.5 Å². The summed E-state index contributed by atoms with van der Waals surface area (Å²) in [6.45, 7) is 3.47. The van der Waals surface area contributed by atoms with Gasteiger partial charge in [0, 0.05) is 11.6 Å². The Morgan fingerprint density at radius 2 is 2.21 bits per heavy atom. The summed E-state index contributed by atoms with van der Waals surface area (Å²) in [5.41, 5.74) is 6.20. The van der Waals surface area contributed by atoms with Crippen LogP contribution in [-0.4, -0.2) is 30.5 Å². The van der Waals surface area contributed by atoms with Crippen LogP contribution in [0, 0.1) is 5.92 Å². The molecule has 0 aliphatic carbocycles. The van der Waals surface area contributed by atoms with Gasteiger partial charge in [-0.25, -0.2) is 0 Å². The summed E-state index contributed by atoms with van der Waals surface area (Å²) in [4.78, 5) is 11.0. The van der Waals surface area contributed by atoms with Crippen LogP contribution in [-0.2, 0) is 4.79 Å². The molecule has 6 nitrogen and oxygen atoms in total. The number of amides is 1. The van der Waals surface area contributed by atoms with Gasteiger partial charge in [-0.1, -0.05) is 12.1 Å². The van der Waals surface area contributed by atoms with Gasteiger partial charge in [0.1, 0.15) is 11.5 Å². The number of nitrogens with two attached hydrogens (primary N) is 1. The van der Waals surface area contributed by atoms with E-state index in [0.29, 0.717) is 22.8 Å². The topological polar surface area (TPSA) is 94.1 Å². The zero-order chi connectivity index (χ0) is 14.4. The van der Waals surface area contributed by atoms with Crippen molar-refractivity contribution in [1.29, 1.82) is 0 Å². The Morgan fingerprint density at radius 1 is 1.53 bits per heavy atom. The fraction of sp³-hybridized carbons (Fsp3) is 0.385. The highest BCUT2D eigenvalue weighted by Gasteiger charge is 2.13. The van der Waals surface area contributed by atoms with Crippen molar-refractivity contribution >= 4 is 11.6 Å². The third-order valence-corrected chi connectivity index (χ3v) is 2.70. The average molecular weight is 266 g/mol. The molecule has 0 heterocycles. The standard InChI is InChI=1S/C13H18N2O4/c1-8(13(14)16)7-19-12-6-10(18-3)4-5-11(12)9(2)15-17/h4-6,8,17H,7H2,1-3H3,(H2,14,16)/b15-9+. The van der Waals surface area contributed by atoms with E-state index in [0.717, 1.165) is 0 Å². The van der Waals surface area contributed by atoms with Crippen LogP contribution < -0.4 is 15.2 Å². The SMILES string of the molecule is COc1ccc(/C(C)=N/O)c(OCC(C)C(N)=O)c1. The number of carbonyl (C=O) groups is 1. The average Bonchev–Trinajstić information content (AvgIpc) is 2.43. The van der Waals surface area contributed by atoms with E-state index in [4.69, 9.17) is 20.4 Å². The molecule has 0 aliphatic rings. The number of nitrogens with zero attached hydrogens (tertiary/aromatic N) is 1. The van der Waals surface area contributed by atoms with Crippen molar-refractivity contribution in [2.45, 2.75) is 13.8 Å². The molecule has 0 saturated heterocycles. The minimum absolute atomic E-state index is 0.147. The first-order chi connectivity index (χ1) is 8.99. The summed E-state index contributed by atoms with van der Waals surface area (Å²) in [5.74, 6) is 0.237. The highest BCUT2D eigenvalue weighted by molar-refractivity contribution is 6.00. The molecule has 1 unspecified atom stereocenters. The fourth-order valence-corrected chi connectivity index (χ4v) is 1.40. The number of benzene rings is 1. The summed E-state index contributed by atoms with van der Waals surface area (Å²) in [5, 5.41) is 12.0. The largest absolute Gasteiger partial charge is 0.497 e. The molecule has 1 rings (SSSR count). The molecule has 0 aromatic heterocycles. The Labute approximate surface area is 111 Å². The number of rotatable bonds is 6. The van der Waals surface area contributed by atoms with Crippen LogP contribution in [0.15, 0.2) is 23.4 Å². The van der Waals surface area contributed by atoms with Crippen molar-refractivity contribution in [2.24, 2.45) is 16.8 Å². The maximum Gasteiger partial charge on any atom is 0.223 e. The lowest BCUT2D eigenvalue weighted by atomic mass is 10.1. The number of carbonyl (C=O) groups excluding carboxylic acids is 1. The Kier molecular flexibility index (Phi) is 5.17. The van der Waals surface area contributed by atoms with Gasteiger partial charge in [0.2, 0.25) is 5.91 Å². The van der Waals surface area contributed by atoms with Crippen LogP contribution in [0.1, 0.15) is 19.4 Å². The molecule has 1 aromatic carbocycles. The summed E-state index contributed by atoms with van der Waals surface area (Å²) in [7, 11) is 1.54. The molecule has 1 aromatic rings. The fourth-order valence-electron chi connectivity index (χ4n) is 1.40. The minimum Gasteiger partial charge on any atom is -0.497 e. The molecule has 104 valence electrons. The van der Waals surface area contributed by atoms with E-state index < -0.39 is 11.8 Å². The van der Waals surface area contributed by atoms with Gasteiger partial charge in [0.15, 0.2) is 0 Å². The lowest BCUT2D eigenvalue weighted by molar-refractivity contribution is -0.122. The number of methoxy groups -OCH3 is 1. The second-order valence-corrected chi connectivity index (χ2v) is 4.16. The monoisotopic (exact) mass is 266 g/mol. The summed E-state index contributed by atoms with van der Waals surface area (Å²) < 4.78 is 10.7. The molecule has 0 spiro atoms. The molecule has 0 bridgehead atoms. The van der Waals surface area contributed by atoms with Crippen molar-refractivity contribution in [3.63, 3.8) is 0 Å². The van der Waals surface area contributed by atoms with Gasteiger partial charge in [-0.05, 0) is 19.1 Å². The van der Waals surface area contributed by atoms with Gasteiger partial charge in [0.05, 0.1) is 25.3 Å². The molecule has 6 heteroatoms. The normalized spacial score (nSPS) is 12.9. The molecule has 19 heavy (non-hydrogen) atoms. The molecule has 0 radical (unpaired) electrons. The van der Waals surface area contributed by atoms with Crippen molar-refractivity contribution in [2.75, 3.05) is 13.7 Å². The van der Waals surface area contributed by atoms with Gasteiger partial charge in [-0.3, -0.25) is 4.79 Å². The van der Waals surface area contributed by atoms with E-state index in [1.165, 1.54) is 7.11 Å². The molecule has 1 amide bonds. The van der Waals surface area contributed by atoms with Crippen LogP contribution in [0.2, 0.25) is 0 Å². The van der Waals surface area contributed by atoms with Crippen LogP contribution in [0.5, 0.6) is 11.5 Å². The zero-order valence-corrected chi connectivity index (χ0v) is 11.2. The Hall–Kier alpha value is -2.24. The predicted molar refractivity (Wildman–Crippen MR) is 70.8 cm³/mol. The number of ether oxygens (including phenoxy) is 2. The van der Waals surface area contributed by atoms with E-state index >= 15 is 0 Å². The summed E-state index contributed by atoms with van der Waals surface area (Å²) in [6.07, 6.45) is 0. The van der Waals surface area contributed by atoms with Crippen LogP contribution in [0.25, 0.3) is 0 Å². The number of hydrogen-bond acceptors (Lipinski definition) is 5. The van der Waals surface area contributed by atoms with Gasteiger partial charge >= 0.3 is 0 Å². The molecule has 0 aliphatic heterocycles. The predicted octanol–water partition coefficient (Wildman–Crippen LogP) is 1.39. The maximum atomic E-state index is 11.0. The quantitative estimate of drug-likeness (QED) is 0.462. The molecular weight excluding hydrogens is 248 g/mol. The van der Waals surface area contributed by atoms with Crippen molar-refractivity contribution in [1.82, 2.24) is 0 Å². The second kappa shape index (κ2) is 6.63. The van der Waals surface area contributed by atoms with E-state index in [2.05, 4.69) is 5.16 Å². The lowest BCUT2D eigenvalue weighted by Gasteiger charge is -2.14. The third kappa shape index (κ3) is 3.87. The van der Waals surface area contributed by atoms with Gasteiger partial charge in [-0.15, -0.1) is 0 Å². The number of oxime groups is 1. The molecule has 1 atom stereocenters. The first-order valence-electron chi connectivity index (χ1n) is 5.78. The second-order valence-electron chi connectivity index (χ2n) is 4.16. The Bertz CT molecular complexity index is 486. The molecule has 0 fully saturated rings. The molecule has 0 saturated carbocycles. The van der Waals surface area contributed by atoms with E-state index in [-0.39, 0.29) is 6.61 Å². The summed E-state index contributed by atoms with van der Waals surface area (Å²) >= 11 is 0. The number of hydrogen-bond donors (Lipinski definition) is 2. The lowest BCUT2D eigenvalue weighted by Crippen LogP contribution is -2.26. The molecular formula is C13H18N2O4. The Morgan fingerprint density at radius 3 is 2.74 bits per heavy atom. The maximum absolute atomic E-state index is 11.0. The van der Waals surface area contributed by atoms with Crippen LogP contribution in [0.3, 0.4) is 0 Å². The first kappa shape index (κ1) is 14.8. The first-order valence-corrected chi connectivity index (χ1v) is 5.78. The third-order valence-electron chi connectivity index (χ3n) is 2.70. The summed E-state index contributed by atoms with van der Waals surface area (Å²) in [6, 6.07) is 5.12. The number of primary amides is 1. The van der Waals surface area contributed by atoms with Crippen LogP contribution in [0.4, 0.5) is 0 Å². The van der Waals surface area contributed by atoms with Crippen molar-refractivity contribution in [3.8, 4) is 11.5 Å². The Balaban J connectivity index is 2.98. The minimum atomic E-state index is -0.433. The smallest absolute Gasteiger partial charge is 0.223 e. The van der Waals surface area contributed by atoms with Gasteiger partial charge < -0.3 is 20.4 Å². The van der Waals surface area contributed by atoms with Crippen LogP contribution >= 0.6 is 0 Å². The van der Waals surface area contributed by atoms with Gasteiger partial charge in [-0.2, -0.15) is 0 Å².